The number of nitrogens with zero attached hydrogens (tertiary/aromatic N) is 3. The molecule has 2 aromatic heterocycles. The number of imidazole rings is 1. The Balaban J connectivity index is 1.39. The number of rotatable bonds is 7. The fourth-order valence-electron chi connectivity index (χ4n) is 4.70. The van der Waals surface area contributed by atoms with E-state index in [1.54, 1.807) is 7.11 Å². The standard InChI is InChI=1S/C27H29N5O2/c1-34-17-16-31-18-22(20-10-4-2-5-11-20)23(19-31)28-27(33)30-26-25(21-12-6-3-7-13-21)29-24-14-8-9-15-32(24)26/h2-15,22-23H,16-19H2,1H3,(H2,28,30,33)/t22-,23+/m0/s1. The van der Waals surface area contributed by atoms with Crippen molar-refractivity contribution in [3.05, 3.63) is 90.6 Å². The number of anilines is 1. The van der Waals surface area contributed by atoms with Crippen LogP contribution in [-0.2, 0) is 4.74 Å². The van der Waals surface area contributed by atoms with Gasteiger partial charge in [0, 0.05) is 44.4 Å². The number of hydrogen-bond acceptors (Lipinski definition) is 4. The third-order valence-corrected chi connectivity index (χ3v) is 6.36. The van der Waals surface area contributed by atoms with Crippen LogP contribution in [0, 0.1) is 0 Å². The summed E-state index contributed by atoms with van der Waals surface area (Å²) in [6.07, 6.45) is 1.92. The molecule has 2 atom stereocenters. The van der Waals surface area contributed by atoms with Crippen molar-refractivity contribution in [2.75, 3.05) is 38.7 Å². The summed E-state index contributed by atoms with van der Waals surface area (Å²) < 4.78 is 7.19. The minimum absolute atomic E-state index is 0.0152. The number of hydrogen-bond donors (Lipinski definition) is 2. The Morgan fingerprint density at radius 3 is 2.50 bits per heavy atom. The van der Waals surface area contributed by atoms with Crippen molar-refractivity contribution in [1.82, 2.24) is 19.6 Å². The molecule has 7 heteroatoms. The van der Waals surface area contributed by atoms with Gasteiger partial charge in [0.15, 0.2) is 0 Å². The molecule has 0 aliphatic carbocycles. The van der Waals surface area contributed by atoms with Gasteiger partial charge < -0.3 is 10.1 Å². The van der Waals surface area contributed by atoms with Crippen molar-refractivity contribution in [2.45, 2.75) is 12.0 Å². The van der Waals surface area contributed by atoms with Crippen LogP contribution in [0.15, 0.2) is 85.1 Å². The average Bonchev–Trinajstić information content (AvgIpc) is 3.45. The van der Waals surface area contributed by atoms with Crippen LogP contribution in [-0.4, -0.2) is 59.7 Å². The fraction of sp³-hybridized carbons (Fsp3) is 0.259. The average molecular weight is 456 g/mol. The number of methoxy groups -OCH3 is 1. The maximum absolute atomic E-state index is 13.3. The van der Waals surface area contributed by atoms with Gasteiger partial charge in [0.05, 0.1) is 12.6 Å². The zero-order chi connectivity index (χ0) is 23.3. The van der Waals surface area contributed by atoms with Crippen LogP contribution in [0.4, 0.5) is 10.6 Å². The second-order valence-electron chi connectivity index (χ2n) is 8.58. The fourth-order valence-corrected chi connectivity index (χ4v) is 4.70. The highest BCUT2D eigenvalue weighted by molar-refractivity contribution is 5.93. The van der Waals surface area contributed by atoms with E-state index in [1.807, 2.05) is 65.2 Å². The van der Waals surface area contributed by atoms with E-state index >= 15 is 0 Å². The number of benzene rings is 2. The predicted octanol–water partition coefficient (Wildman–Crippen LogP) is 4.24. The molecular weight excluding hydrogens is 426 g/mol. The zero-order valence-corrected chi connectivity index (χ0v) is 19.2. The SMILES string of the molecule is COCCN1C[C@@H](NC(=O)Nc2c(-c3ccccc3)nc3ccccn23)[C@H](c2ccccc2)C1. The number of amides is 2. The molecular formula is C27H29N5O2. The topological polar surface area (TPSA) is 70.9 Å². The Morgan fingerprint density at radius 1 is 1.00 bits per heavy atom. The first-order chi connectivity index (χ1) is 16.7. The van der Waals surface area contributed by atoms with Crippen molar-refractivity contribution in [3.63, 3.8) is 0 Å². The van der Waals surface area contributed by atoms with Crippen LogP contribution in [0.5, 0.6) is 0 Å². The largest absolute Gasteiger partial charge is 0.383 e. The van der Waals surface area contributed by atoms with E-state index in [4.69, 9.17) is 9.72 Å². The summed E-state index contributed by atoms with van der Waals surface area (Å²) in [5.74, 6) is 0.865. The zero-order valence-electron chi connectivity index (χ0n) is 19.2. The van der Waals surface area contributed by atoms with E-state index in [9.17, 15) is 4.79 Å². The quantitative estimate of drug-likeness (QED) is 0.437. The van der Waals surface area contributed by atoms with Crippen LogP contribution in [0.2, 0.25) is 0 Å². The summed E-state index contributed by atoms with van der Waals surface area (Å²) in [6.45, 7) is 3.16. The van der Waals surface area contributed by atoms with Crippen molar-refractivity contribution in [2.24, 2.45) is 0 Å². The molecule has 0 saturated carbocycles. The lowest BCUT2D eigenvalue weighted by atomic mass is 9.94. The van der Waals surface area contributed by atoms with E-state index in [1.165, 1.54) is 5.56 Å². The first kappa shape index (κ1) is 22.1. The van der Waals surface area contributed by atoms with Gasteiger partial charge in [0.25, 0.3) is 0 Å². The first-order valence-electron chi connectivity index (χ1n) is 11.6. The third kappa shape index (κ3) is 4.66. The second-order valence-corrected chi connectivity index (χ2v) is 8.58. The molecule has 1 saturated heterocycles. The number of aromatic nitrogens is 2. The molecule has 34 heavy (non-hydrogen) atoms. The number of fused-ring (bicyclic) bond motifs is 1. The summed E-state index contributed by atoms with van der Waals surface area (Å²) in [7, 11) is 1.72. The highest BCUT2D eigenvalue weighted by Crippen LogP contribution is 2.30. The highest BCUT2D eigenvalue weighted by atomic mass is 16.5. The lowest BCUT2D eigenvalue weighted by Crippen LogP contribution is -2.42. The van der Waals surface area contributed by atoms with Crippen molar-refractivity contribution in [3.8, 4) is 11.3 Å². The van der Waals surface area contributed by atoms with Crippen molar-refractivity contribution >= 4 is 17.5 Å². The maximum Gasteiger partial charge on any atom is 0.320 e. The normalized spacial score (nSPS) is 18.3. The molecule has 0 unspecified atom stereocenters. The molecule has 2 aromatic carbocycles. The minimum atomic E-state index is -0.234. The molecule has 1 fully saturated rings. The van der Waals surface area contributed by atoms with E-state index in [0.717, 1.165) is 36.5 Å². The van der Waals surface area contributed by atoms with E-state index in [-0.39, 0.29) is 18.0 Å². The van der Waals surface area contributed by atoms with Crippen molar-refractivity contribution < 1.29 is 9.53 Å². The van der Waals surface area contributed by atoms with Gasteiger partial charge >= 0.3 is 6.03 Å². The molecule has 2 amide bonds. The Labute approximate surface area is 199 Å². The third-order valence-electron chi connectivity index (χ3n) is 6.36. The number of pyridine rings is 1. The van der Waals surface area contributed by atoms with Crippen LogP contribution in [0.3, 0.4) is 0 Å². The van der Waals surface area contributed by atoms with Gasteiger partial charge in [-0.2, -0.15) is 0 Å². The van der Waals surface area contributed by atoms with Gasteiger partial charge in [0.2, 0.25) is 0 Å². The number of carbonyl (C=O) groups is 1. The Hall–Kier alpha value is -3.68. The number of ether oxygens (including phenoxy) is 1. The molecule has 7 nitrogen and oxygen atoms in total. The van der Waals surface area contributed by atoms with Crippen LogP contribution in [0.25, 0.3) is 16.9 Å². The minimum Gasteiger partial charge on any atom is -0.383 e. The molecule has 174 valence electrons. The molecule has 3 heterocycles. The molecule has 0 bridgehead atoms. The van der Waals surface area contributed by atoms with Gasteiger partial charge in [-0.05, 0) is 17.7 Å². The van der Waals surface area contributed by atoms with E-state index in [0.29, 0.717) is 12.4 Å². The Morgan fingerprint density at radius 2 is 1.74 bits per heavy atom. The molecule has 4 aromatic rings. The molecule has 5 rings (SSSR count). The highest BCUT2D eigenvalue weighted by Gasteiger charge is 2.34. The Kier molecular flexibility index (Phi) is 6.56. The van der Waals surface area contributed by atoms with Gasteiger partial charge in [0.1, 0.15) is 17.2 Å². The van der Waals surface area contributed by atoms with Crippen molar-refractivity contribution in [1.29, 1.82) is 0 Å². The van der Waals surface area contributed by atoms with E-state index < -0.39 is 0 Å². The first-order valence-corrected chi connectivity index (χ1v) is 11.6. The molecule has 0 spiro atoms. The number of carbonyl (C=O) groups excluding carboxylic acids is 1. The maximum atomic E-state index is 13.3. The number of likely N-dealkylation sites (tertiary alicyclic amines) is 1. The molecule has 1 aliphatic rings. The Bertz CT molecular complexity index is 1240. The van der Waals surface area contributed by atoms with Gasteiger partial charge in [-0.25, -0.2) is 9.78 Å². The van der Waals surface area contributed by atoms with Crippen LogP contribution >= 0.6 is 0 Å². The monoisotopic (exact) mass is 455 g/mol. The number of nitrogens with one attached hydrogen (secondary N) is 2. The number of urea groups is 1. The van der Waals surface area contributed by atoms with Crippen LogP contribution in [0.1, 0.15) is 11.5 Å². The van der Waals surface area contributed by atoms with Gasteiger partial charge in [-0.3, -0.25) is 14.6 Å². The summed E-state index contributed by atoms with van der Waals surface area (Å²) >= 11 is 0. The summed E-state index contributed by atoms with van der Waals surface area (Å²) in [4.78, 5) is 20.4. The predicted molar refractivity (Wildman–Crippen MR) is 134 cm³/mol. The summed E-state index contributed by atoms with van der Waals surface area (Å²) in [5, 5.41) is 6.34. The molecule has 2 N–H and O–H groups in total. The van der Waals surface area contributed by atoms with Gasteiger partial charge in [-0.1, -0.05) is 66.7 Å². The lowest BCUT2D eigenvalue weighted by Gasteiger charge is -2.20. The van der Waals surface area contributed by atoms with Gasteiger partial charge in [-0.15, -0.1) is 0 Å². The molecule has 0 radical (unpaired) electrons. The smallest absolute Gasteiger partial charge is 0.320 e. The summed E-state index contributed by atoms with van der Waals surface area (Å²) in [5.41, 5.74) is 3.71. The lowest BCUT2D eigenvalue weighted by molar-refractivity contribution is 0.159. The van der Waals surface area contributed by atoms with E-state index in [2.05, 4.69) is 39.8 Å². The molecule has 1 aliphatic heterocycles. The summed E-state index contributed by atoms with van der Waals surface area (Å²) in [6, 6.07) is 25.9. The second kappa shape index (κ2) is 10.1. The van der Waals surface area contributed by atoms with Crippen LogP contribution < -0.4 is 10.6 Å².